The Morgan fingerprint density at radius 3 is 2.65 bits per heavy atom. The highest BCUT2D eigenvalue weighted by Crippen LogP contribution is 2.31. The molecule has 1 heterocycles. The molecule has 1 aromatic rings. The van der Waals surface area contributed by atoms with Crippen molar-refractivity contribution in [3.05, 3.63) is 23.9 Å². The first kappa shape index (κ1) is 12.4. The summed E-state index contributed by atoms with van der Waals surface area (Å²) in [5.41, 5.74) is 6.69. The molecule has 0 spiro atoms. The van der Waals surface area contributed by atoms with Gasteiger partial charge in [-0.3, -0.25) is 0 Å². The van der Waals surface area contributed by atoms with Crippen LogP contribution in [-0.4, -0.2) is 11.1 Å². The molecule has 0 radical (unpaired) electrons. The van der Waals surface area contributed by atoms with E-state index in [2.05, 4.69) is 18.8 Å². The van der Waals surface area contributed by atoms with Gasteiger partial charge in [-0.15, -0.1) is 0 Å². The maximum atomic E-state index is 6.03. The molecule has 0 bridgehead atoms. The van der Waals surface area contributed by atoms with Gasteiger partial charge in [0.25, 0.3) is 0 Å². The predicted molar refractivity (Wildman–Crippen MR) is 68.7 cm³/mol. The van der Waals surface area contributed by atoms with Crippen LogP contribution in [-0.2, 0) is 6.54 Å². The number of nitrogens with zero attached hydrogens (tertiary/aromatic N) is 1. The van der Waals surface area contributed by atoms with E-state index in [4.69, 9.17) is 10.5 Å². The van der Waals surface area contributed by atoms with Gasteiger partial charge in [-0.1, -0.05) is 19.9 Å². The van der Waals surface area contributed by atoms with E-state index in [-0.39, 0.29) is 0 Å². The van der Waals surface area contributed by atoms with Crippen molar-refractivity contribution in [3.8, 4) is 5.88 Å². The van der Waals surface area contributed by atoms with E-state index in [1.54, 1.807) is 6.20 Å². The van der Waals surface area contributed by atoms with Crippen molar-refractivity contribution < 1.29 is 4.74 Å². The van der Waals surface area contributed by atoms with E-state index < -0.39 is 0 Å². The first-order chi connectivity index (χ1) is 8.19. The zero-order chi connectivity index (χ0) is 12.3. The lowest BCUT2D eigenvalue weighted by Crippen LogP contribution is -2.29. The molecule has 2 unspecified atom stereocenters. The Labute approximate surface area is 103 Å². The van der Waals surface area contributed by atoms with E-state index in [1.165, 1.54) is 6.42 Å². The average Bonchev–Trinajstić information content (AvgIpc) is 2.28. The molecule has 0 amide bonds. The second kappa shape index (κ2) is 5.50. The third kappa shape index (κ3) is 3.19. The van der Waals surface area contributed by atoms with Crippen LogP contribution in [0.2, 0.25) is 0 Å². The topological polar surface area (TPSA) is 48.1 Å². The van der Waals surface area contributed by atoms with Gasteiger partial charge < -0.3 is 10.5 Å². The van der Waals surface area contributed by atoms with Gasteiger partial charge in [-0.2, -0.15) is 0 Å². The second-order valence-corrected chi connectivity index (χ2v) is 5.33. The number of hydrogen-bond acceptors (Lipinski definition) is 3. The van der Waals surface area contributed by atoms with Crippen molar-refractivity contribution in [2.45, 2.75) is 45.8 Å². The maximum absolute atomic E-state index is 6.03. The molecule has 2 rings (SSSR count). The molecule has 1 fully saturated rings. The lowest BCUT2D eigenvalue weighted by atomic mass is 9.82. The SMILES string of the molecule is CC1CC(C)CC(Oc2ncccc2CN)C1. The summed E-state index contributed by atoms with van der Waals surface area (Å²) in [5, 5.41) is 0. The normalized spacial score (nSPS) is 29.0. The number of rotatable bonds is 3. The van der Waals surface area contributed by atoms with Gasteiger partial charge in [0.05, 0.1) is 0 Å². The van der Waals surface area contributed by atoms with E-state index in [1.807, 2.05) is 12.1 Å². The highest BCUT2D eigenvalue weighted by molar-refractivity contribution is 5.25. The Morgan fingerprint density at radius 2 is 2.00 bits per heavy atom. The summed E-state index contributed by atoms with van der Waals surface area (Å²) < 4.78 is 6.03. The first-order valence-corrected chi connectivity index (χ1v) is 6.49. The van der Waals surface area contributed by atoms with E-state index in [0.29, 0.717) is 12.6 Å². The Morgan fingerprint density at radius 1 is 1.29 bits per heavy atom. The average molecular weight is 234 g/mol. The summed E-state index contributed by atoms with van der Waals surface area (Å²) in [6.07, 6.45) is 5.64. The van der Waals surface area contributed by atoms with Crippen molar-refractivity contribution in [1.29, 1.82) is 0 Å². The molecule has 1 aliphatic rings. The molecule has 2 N–H and O–H groups in total. The van der Waals surface area contributed by atoms with Crippen molar-refractivity contribution in [2.75, 3.05) is 0 Å². The van der Waals surface area contributed by atoms with E-state index >= 15 is 0 Å². The van der Waals surface area contributed by atoms with Crippen LogP contribution in [0.25, 0.3) is 0 Å². The number of aromatic nitrogens is 1. The number of pyridine rings is 1. The molecular formula is C14H22N2O. The summed E-state index contributed by atoms with van der Waals surface area (Å²) in [5.74, 6) is 2.21. The Hall–Kier alpha value is -1.09. The van der Waals surface area contributed by atoms with Gasteiger partial charge in [-0.05, 0) is 37.2 Å². The highest BCUT2D eigenvalue weighted by Gasteiger charge is 2.25. The highest BCUT2D eigenvalue weighted by atomic mass is 16.5. The summed E-state index contributed by atoms with van der Waals surface area (Å²) >= 11 is 0. The summed E-state index contributed by atoms with van der Waals surface area (Å²) in [6.45, 7) is 5.09. The largest absolute Gasteiger partial charge is 0.474 e. The summed E-state index contributed by atoms with van der Waals surface area (Å²) in [6, 6.07) is 3.89. The van der Waals surface area contributed by atoms with Crippen LogP contribution in [0.4, 0.5) is 0 Å². The number of nitrogens with two attached hydrogens (primary N) is 1. The molecule has 17 heavy (non-hydrogen) atoms. The van der Waals surface area contributed by atoms with E-state index in [0.717, 1.165) is 36.1 Å². The van der Waals surface area contributed by atoms with Crippen LogP contribution in [0.15, 0.2) is 18.3 Å². The molecule has 1 aromatic heterocycles. The summed E-state index contributed by atoms with van der Waals surface area (Å²) in [4.78, 5) is 4.29. The fourth-order valence-electron chi connectivity index (χ4n) is 2.81. The van der Waals surface area contributed by atoms with Gasteiger partial charge >= 0.3 is 0 Å². The molecule has 3 heteroatoms. The summed E-state index contributed by atoms with van der Waals surface area (Å²) in [7, 11) is 0. The Bertz CT molecular complexity index is 357. The van der Waals surface area contributed by atoms with Gasteiger partial charge in [-0.25, -0.2) is 4.98 Å². The third-order valence-corrected chi connectivity index (χ3v) is 3.48. The van der Waals surface area contributed by atoms with Crippen molar-refractivity contribution >= 4 is 0 Å². The quantitative estimate of drug-likeness (QED) is 0.874. The van der Waals surface area contributed by atoms with Crippen LogP contribution in [0.5, 0.6) is 5.88 Å². The molecule has 0 aliphatic heterocycles. The number of hydrogen-bond donors (Lipinski definition) is 1. The minimum absolute atomic E-state index is 0.300. The second-order valence-electron chi connectivity index (χ2n) is 5.33. The van der Waals surface area contributed by atoms with Crippen LogP contribution < -0.4 is 10.5 Å². The Kier molecular flexibility index (Phi) is 4.00. The van der Waals surface area contributed by atoms with Crippen molar-refractivity contribution in [2.24, 2.45) is 17.6 Å². The molecule has 94 valence electrons. The van der Waals surface area contributed by atoms with Crippen LogP contribution in [0.1, 0.15) is 38.7 Å². The molecule has 0 saturated heterocycles. The number of ether oxygens (including phenoxy) is 1. The van der Waals surface area contributed by atoms with Gasteiger partial charge in [0.15, 0.2) is 0 Å². The van der Waals surface area contributed by atoms with Gasteiger partial charge in [0.2, 0.25) is 5.88 Å². The van der Waals surface area contributed by atoms with Gasteiger partial charge in [0.1, 0.15) is 6.10 Å². The molecule has 2 atom stereocenters. The lowest BCUT2D eigenvalue weighted by Gasteiger charge is -2.31. The monoisotopic (exact) mass is 234 g/mol. The molecule has 1 saturated carbocycles. The Balaban J connectivity index is 2.04. The smallest absolute Gasteiger partial charge is 0.218 e. The predicted octanol–water partition coefficient (Wildman–Crippen LogP) is 2.74. The van der Waals surface area contributed by atoms with E-state index in [9.17, 15) is 0 Å². The van der Waals surface area contributed by atoms with Gasteiger partial charge in [0, 0.05) is 18.3 Å². The minimum Gasteiger partial charge on any atom is -0.474 e. The zero-order valence-electron chi connectivity index (χ0n) is 10.7. The van der Waals surface area contributed by atoms with Crippen molar-refractivity contribution in [3.63, 3.8) is 0 Å². The molecular weight excluding hydrogens is 212 g/mol. The minimum atomic E-state index is 0.300. The molecule has 1 aliphatic carbocycles. The van der Waals surface area contributed by atoms with Crippen molar-refractivity contribution in [1.82, 2.24) is 4.98 Å². The lowest BCUT2D eigenvalue weighted by molar-refractivity contribution is 0.0957. The van der Waals surface area contributed by atoms with Crippen LogP contribution in [0.3, 0.4) is 0 Å². The fourth-order valence-corrected chi connectivity index (χ4v) is 2.81. The van der Waals surface area contributed by atoms with Crippen LogP contribution in [0, 0.1) is 11.8 Å². The molecule has 0 aromatic carbocycles. The standard InChI is InChI=1S/C14H22N2O/c1-10-6-11(2)8-13(7-10)17-14-12(9-15)4-3-5-16-14/h3-5,10-11,13H,6-9,15H2,1-2H3. The fraction of sp³-hybridized carbons (Fsp3) is 0.643. The third-order valence-electron chi connectivity index (χ3n) is 3.48. The zero-order valence-corrected chi connectivity index (χ0v) is 10.7. The molecule has 3 nitrogen and oxygen atoms in total. The maximum Gasteiger partial charge on any atom is 0.218 e. The first-order valence-electron chi connectivity index (χ1n) is 6.49. The van der Waals surface area contributed by atoms with Crippen LogP contribution >= 0.6 is 0 Å².